The van der Waals surface area contributed by atoms with E-state index in [9.17, 15) is 9.90 Å². The molecule has 0 aromatic heterocycles. The summed E-state index contributed by atoms with van der Waals surface area (Å²) >= 11 is 0. The zero-order valence-corrected chi connectivity index (χ0v) is 12.1. The van der Waals surface area contributed by atoms with Gasteiger partial charge in [-0.25, -0.2) is 5.43 Å². The van der Waals surface area contributed by atoms with Crippen molar-refractivity contribution in [1.82, 2.24) is 5.43 Å². The molecule has 4 nitrogen and oxygen atoms in total. The van der Waals surface area contributed by atoms with E-state index in [4.69, 9.17) is 0 Å². The summed E-state index contributed by atoms with van der Waals surface area (Å²) in [5.74, 6) is -0.0516. The van der Waals surface area contributed by atoms with Crippen LogP contribution in [-0.4, -0.2) is 16.7 Å². The molecule has 0 spiro atoms. The van der Waals surface area contributed by atoms with Crippen LogP contribution in [-0.2, 0) is 4.79 Å². The van der Waals surface area contributed by atoms with Crippen molar-refractivity contribution in [3.05, 3.63) is 35.4 Å². The maximum atomic E-state index is 12.0. The molecule has 1 aliphatic rings. The third-order valence-corrected chi connectivity index (χ3v) is 3.93. The lowest BCUT2D eigenvalue weighted by Crippen LogP contribution is -2.28. The minimum absolute atomic E-state index is 0.416. The minimum atomic E-state index is -1.17. The lowest BCUT2D eigenvalue weighted by atomic mass is 9.89. The van der Waals surface area contributed by atoms with Gasteiger partial charge < -0.3 is 5.11 Å². The average molecular weight is 274 g/mol. The van der Waals surface area contributed by atoms with Crippen LogP contribution >= 0.6 is 0 Å². The predicted octanol–water partition coefficient (Wildman–Crippen LogP) is 2.71. The van der Waals surface area contributed by atoms with Crippen molar-refractivity contribution in [2.45, 2.75) is 45.6 Å². The number of amides is 1. The Morgan fingerprint density at radius 1 is 1.40 bits per heavy atom. The number of nitrogens with zero attached hydrogens (tertiary/aromatic N) is 1. The lowest BCUT2D eigenvalue weighted by Gasteiger charge is -2.20. The van der Waals surface area contributed by atoms with E-state index in [2.05, 4.69) is 17.5 Å². The highest BCUT2D eigenvalue weighted by Gasteiger charge is 2.20. The summed E-state index contributed by atoms with van der Waals surface area (Å²) in [6.07, 6.45) is 3.23. The first-order valence-electron chi connectivity index (χ1n) is 7.19. The highest BCUT2D eigenvalue weighted by Crippen LogP contribution is 2.21. The van der Waals surface area contributed by atoms with Gasteiger partial charge in [-0.05, 0) is 43.2 Å². The summed E-state index contributed by atoms with van der Waals surface area (Å²) in [7, 11) is 0. The van der Waals surface area contributed by atoms with Gasteiger partial charge in [0.1, 0.15) is 0 Å². The number of hydrogen-bond acceptors (Lipinski definition) is 3. The molecule has 1 amide bonds. The molecule has 1 saturated carbocycles. The summed E-state index contributed by atoms with van der Waals surface area (Å²) in [5.41, 5.74) is 5.06. The molecular weight excluding hydrogens is 252 g/mol. The first kappa shape index (κ1) is 14.7. The molecule has 4 heteroatoms. The third kappa shape index (κ3) is 3.45. The van der Waals surface area contributed by atoms with Crippen LogP contribution in [0.1, 0.15) is 49.8 Å². The molecule has 0 radical (unpaired) electrons. The van der Waals surface area contributed by atoms with Gasteiger partial charge in [-0.15, -0.1) is 0 Å². The molecule has 0 heterocycles. The minimum Gasteiger partial charge on any atom is -0.378 e. The van der Waals surface area contributed by atoms with Gasteiger partial charge in [0, 0.05) is 5.71 Å². The highest BCUT2D eigenvalue weighted by atomic mass is 16.3. The van der Waals surface area contributed by atoms with Crippen LogP contribution in [0.15, 0.2) is 29.4 Å². The largest absolute Gasteiger partial charge is 0.378 e. The van der Waals surface area contributed by atoms with Gasteiger partial charge in [0.15, 0.2) is 6.10 Å². The summed E-state index contributed by atoms with van der Waals surface area (Å²) in [6, 6.07) is 7.33. The maximum Gasteiger partial charge on any atom is 0.273 e. The number of hydrogen-bond donors (Lipinski definition) is 2. The van der Waals surface area contributed by atoms with E-state index in [1.165, 1.54) is 6.42 Å². The van der Waals surface area contributed by atoms with Gasteiger partial charge in [-0.3, -0.25) is 4.79 Å². The SMILES string of the molecule is Cc1ccccc1C(O)C(=O)N/N=C1/CCCCC1C. The Hall–Kier alpha value is -1.68. The van der Waals surface area contributed by atoms with E-state index < -0.39 is 12.0 Å². The smallest absolute Gasteiger partial charge is 0.273 e. The monoisotopic (exact) mass is 274 g/mol. The van der Waals surface area contributed by atoms with E-state index in [1.54, 1.807) is 6.07 Å². The molecule has 2 rings (SSSR count). The van der Waals surface area contributed by atoms with Crippen molar-refractivity contribution in [3.63, 3.8) is 0 Å². The van der Waals surface area contributed by atoms with E-state index in [0.717, 1.165) is 30.5 Å². The molecular formula is C16H22N2O2. The Morgan fingerprint density at radius 2 is 2.15 bits per heavy atom. The molecule has 108 valence electrons. The van der Waals surface area contributed by atoms with Gasteiger partial charge in [0.2, 0.25) is 0 Å². The maximum absolute atomic E-state index is 12.0. The zero-order valence-electron chi connectivity index (χ0n) is 12.1. The fourth-order valence-corrected chi connectivity index (χ4v) is 2.56. The molecule has 2 unspecified atom stereocenters. The molecule has 1 aromatic carbocycles. The van der Waals surface area contributed by atoms with Crippen LogP contribution in [0, 0.1) is 12.8 Å². The predicted molar refractivity (Wildman–Crippen MR) is 79.3 cm³/mol. The molecule has 0 saturated heterocycles. The van der Waals surface area contributed by atoms with E-state index in [1.807, 2.05) is 25.1 Å². The van der Waals surface area contributed by atoms with Crippen LogP contribution in [0.5, 0.6) is 0 Å². The van der Waals surface area contributed by atoms with Crippen LogP contribution < -0.4 is 5.43 Å². The van der Waals surface area contributed by atoms with Crippen molar-refractivity contribution in [2.24, 2.45) is 11.0 Å². The summed E-state index contributed by atoms with van der Waals surface area (Å²) in [6.45, 7) is 4.00. The summed E-state index contributed by atoms with van der Waals surface area (Å²) < 4.78 is 0. The molecule has 20 heavy (non-hydrogen) atoms. The number of aryl methyl sites for hydroxylation is 1. The normalized spacial score (nSPS) is 22.6. The topological polar surface area (TPSA) is 61.7 Å². The van der Waals surface area contributed by atoms with Gasteiger partial charge in [0.25, 0.3) is 5.91 Å². The number of aliphatic hydroxyl groups excluding tert-OH is 1. The quantitative estimate of drug-likeness (QED) is 0.832. The second-order valence-corrected chi connectivity index (χ2v) is 5.49. The number of hydrazone groups is 1. The molecule has 2 N–H and O–H groups in total. The van der Waals surface area contributed by atoms with Crippen molar-refractivity contribution in [3.8, 4) is 0 Å². The number of carbonyl (C=O) groups excluding carboxylic acids is 1. The molecule has 0 bridgehead atoms. The van der Waals surface area contributed by atoms with E-state index in [-0.39, 0.29) is 0 Å². The Labute approximate surface area is 119 Å². The first-order chi connectivity index (χ1) is 9.59. The van der Waals surface area contributed by atoms with Crippen molar-refractivity contribution >= 4 is 11.6 Å². The average Bonchev–Trinajstić information content (AvgIpc) is 2.46. The lowest BCUT2D eigenvalue weighted by molar-refractivity contribution is -0.129. The number of aliphatic hydroxyl groups is 1. The van der Waals surface area contributed by atoms with Crippen LogP contribution in [0.25, 0.3) is 0 Å². The Morgan fingerprint density at radius 3 is 2.85 bits per heavy atom. The molecule has 0 aliphatic heterocycles. The third-order valence-electron chi connectivity index (χ3n) is 3.93. The number of nitrogens with one attached hydrogen (secondary N) is 1. The van der Waals surface area contributed by atoms with Gasteiger partial charge in [-0.1, -0.05) is 37.6 Å². The first-order valence-corrected chi connectivity index (χ1v) is 7.19. The molecule has 2 atom stereocenters. The van der Waals surface area contributed by atoms with E-state index >= 15 is 0 Å². The second kappa shape index (κ2) is 6.66. The summed E-state index contributed by atoms with van der Waals surface area (Å²) in [5, 5.41) is 14.3. The summed E-state index contributed by atoms with van der Waals surface area (Å²) in [4.78, 5) is 12.0. The fraction of sp³-hybridized carbons (Fsp3) is 0.500. The van der Waals surface area contributed by atoms with Crippen LogP contribution in [0.4, 0.5) is 0 Å². The van der Waals surface area contributed by atoms with Crippen molar-refractivity contribution in [1.29, 1.82) is 0 Å². The Kier molecular flexibility index (Phi) is 4.90. The van der Waals surface area contributed by atoms with Crippen LogP contribution in [0.3, 0.4) is 0 Å². The molecule has 1 aromatic rings. The Bertz CT molecular complexity index is 511. The van der Waals surface area contributed by atoms with E-state index in [0.29, 0.717) is 11.5 Å². The van der Waals surface area contributed by atoms with Crippen molar-refractivity contribution < 1.29 is 9.90 Å². The number of carbonyl (C=O) groups is 1. The van der Waals surface area contributed by atoms with Gasteiger partial charge >= 0.3 is 0 Å². The Balaban J connectivity index is 2.01. The fourth-order valence-electron chi connectivity index (χ4n) is 2.56. The second-order valence-electron chi connectivity index (χ2n) is 5.49. The van der Waals surface area contributed by atoms with Gasteiger partial charge in [0.05, 0.1) is 0 Å². The zero-order chi connectivity index (χ0) is 14.5. The molecule has 1 aliphatic carbocycles. The van der Waals surface area contributed by atoms with Crippen molar-refractivity contribution in [2.75, 3.05) is 0 Å². The number of benzene rings is 1. The standard InChI is InChI=1S/C16H22N2O2/c1-11-7-3-5-9-13(11)15(19)16(20)18-17-14-10-6-4-8-12(14)2/h3,5,7,9,12,15,19H,4,6,8,10H2,1-2H3,(H,18,20)/b17-14-. The van der Waals surface area contributed by atoms with Crippen LogP contribution in [0.2, 0.25) is 0 Å². The van der Waals surface area contributed by atoms with Gasteiger partial charge in [-0.2, -0.15) is 5.10 Å². The highest BCUT2D eigenvalue weighted by molar-refractivity contribution is 5.89. The number of rotatable bonds is 3. The molecule has 1 fully saturated rings.